The highest BCUT2D eigenvalue weighted by Gasteiger charge is 2.19. The molecule has 7 heteroatoms. The van der Waals surface area contributed by atoms with Crippen molar-refractivity contribution < 1.29 is 28.6 Å². The molecule has 0 bridgehead atoms. The Morgan fingerprint density at radius 3 is 1.68 bits per heavy atom. The Labute approximate surface area is 187 Å². The summed E-state index contributed by atoms with van der Waals surface area (Å²) >= 11 is 0. The van der Waals surface area contributed by atoms with Gasteiger partial charge in [-0.05, 0) is 50.7 Å². The van der Waals surface area contributed by atoms with Gasteiger partial charge in [0.2, 0.25) is 0 Å². The molecule has 0 amide bonds. The topological polar surface area (TPSA) is 82.1 Å². The Balaban J connectivity index is 4.64. The van der Waals surface area contributed by atoms with Gasteiger partial charge >= 0.3 is 17.9 Å². The predicted octanol–water partition coefficient (Wildman–Crippen LogP) is 4.68. The molecule has 0 rings (SSSR count). The number of esters is 3. The summed E-state index contributed by atoms with van der Waals surface area (Å²) in [4.78, 5) is 37.6. The van der Waals surface area contributed by atoms with Crippen LogP contribution in [0.25, 0.3) is 0 Å². The second-order valence-electron chi connectivity index (χ2n) is 7.04. The van der Waals surface area contributed by atoms with Crippen LogP contribution in [0.15, 0.2) is 36.8 Å². The van der Waals surface area contributed by atoms with Crippen LogP contribution in [0.1, 0.15) is 72.1 Å². The van der Waals surface area contributed by atoms with Crippen LogP contribution in [0.3, 0.4) is 0 Å². The van der Waals surface area contributed by atoms with Crippen molar-refractivity contribution >= 4 is 17.9 Å². The number of hydrogen-bond donors (Lipinski definition) is 0. The summed E-state index contributed by atoms with van der Waals surface area (Å²) in [6, 6.07) is 0. The standard InChI is InChI=1S/C24H39NO6/c1-4-7-10-13-16-29-22(26)19-25(20-23(27)30-17-14-11-8-5-2)21-24(28)31-18-15-12-9-6-3/h7,10,14-15,17-18H,4-6,8-9,11-13,16,19-21H2,1-3H3/b10-7-,17-14?,18-15?. The van der Waals surface area contributed by atoms with E-state index in [2.05, 4.69) is 13.8 Å². The van der Waals surface area contributed by atoms with Crippen LogP contribution in [-0.4, -0.2) is 49.0 Å². The van der Waals surface area contributed by atoms with Gasteiger partial charge in [0.25, 0.3) is 0 Å². The minimum atomic E-state index is -0.558. The molecule has 0 aliphatic carbocycles. The number of nitrogens with zero attached hydrogens (tertiary/aromatic N) is 1. The van der Waals surface area contributed by atoms with Crippen molar-refractivity contribution in [3.63, 3.8) is 0 Å². The molecule has 0 aliphatic heterocycles. The molecule has 7 nitrogen and oxygen atoms in total. The predicted molar refractivity (Wildman–Crippen MR) is 121 cm³/mol. The zero-order valence-corrected chi connectivity index (χ0v) is 19.3. The molecule has 0 aromatic carbocycles. The van der Waals surface area contributed by atoms with E-state index in [-0.39, 0.29) is 26.2 Å². The van der Waals surface area contributed by atoms with Gasteiger partial charge in [-0.15, -0.1) is 0 Å². The number of hydrogen-bond acceptors (Lipinski definition) is 7. The lowest BCUT2D eigenvalue weighted by Gasteiger charge is -2.18. The molecule has 31 heavy (non-hydrogen) atoms. The molecule has 0 aliphatic rings. The van der Waals surface area contributed by atoms with Gasteiger partial charge in [0.05, 0.1) is 38.8 Å². The van der Waals surface area contributed by atoms with E-state index >= 15 is 0 Å². The molecule has 176 valence electrons. The molecule has 0 saturated heterocycles. The molecule has 0 aromatic rings. The number of ether oxygens (including phenoxy) is 3. The number of carbonyl (C=O) groups excluding carboxylic acids is 3. The average molecular weight is 438 g/mol. The SMILES string of the molecule is CC/C=C\CCOC(=O)CN(CC(=O)OC=CCCCC)CC(=O)OC=CCCCC. The molecule has 0 atom stereocenters. The van der Waals surface area contributed by atoms with Crippen LogP contribution < -0.4 is 0 Å². The molecular weight excluding hydrogens is 398 g/mol. The van der Waals surface area contributed by atoms with Gasteiger partial charge in [0, 0.05) is 0 Å². The maximum atomic E-state index is 12.1. The number of allylic oxidation sites excluding steroid dienone is 3. The maximum absolute atomic E-state index is 12.1. The van der Waals surface area contributed by atoms with E-state index in [9.17, 15) is 14.4 Å². The van der Waals surface area contributed by atoms with Crippen LogP contribution in [0.4, 0.5) is 0 Å². The van der Waals surface area contributed by atoms with Crippen molar-refractivity contribution in [1.82, 2.24) is 4.90 Å². The fourth-order valence-corrected chi connectivity index (χ4v) is 2.39. The Morgan fingerprint density at radius 1 is 0.677 bits per heavy atom. The minimum absolute atomic E-state index is 0.208. The highest BCUT2D eigenvalue weighted by atomic mass is 16.5. The van der Waals surface area contributed by atoms with Crippen molar-refractivity contribution in [1.29, 1.82) is 0 Å². The molecular formula is C24H39NO6. The number of rotatable bonds is 18. The van der Waals surface area contributed by atoms with Crippen LogP contribution in [0.2, 0.25) is 0 Å². The summed E-state index contributed by atoms with van der Waals surface area (Å²) in [5, 5.41) is 0. The van der Waals surface area contributed by atoms with Gasteiger partial charge in [0.15, 0.2) is 0 Å². The third kappa shape index (κ3) is 19.3. The van der Waals surface area contributed by atoms with Crippen molar-refractivity contribution in [3.8, 4) is 0 Å². The van der Waals surface area contributed by atoms with Crippen LogP contribution in [-0.2, 0) is 28.6 Å². The summed E-state index contributed by atoms with van der Waals surface area (Å²) in [5.74, 6) is -1.63. The first-order chi connectivity index (χ1) is 15.0. The minimum Gasteiger partial charge on any atom is -0.464 e. The van der Waals surface area contributed by atoms with Gasteiger partial charge < -0.3 is 14.2 Å². The van der Waals surface area contributed by atoms with E-state index in [1.54, 1.807) is 12.2 Å². The monoisotopic (exact) mass is 437 g/mol. The molecule has 0 fully saturated rings. The van der Waals surface area contributed by atoms with Gasteiger partial charge in [-0.25, -0.2) is 0 Å². The fourth-order valence-electron chi connectivity index (χ4n) is 2.39. The normalized spacial score (nSPS) is 11.6. The van der Waals surface area contributed by atoms with E-state index in [0.717, 1.165) is 44.9 Å². The van der Waals surface area contributed by atoms with E-state index in [0.29, 0.717) is 6.42 Å². The average Bonchev–Trinajstić information content (AvgIpc) is 2.73. The lowest BCUT2D eigenvalue weighted by atomic mass is 10.2. The molecule has 0 heterocycles. The Bertz CT molecular complexity index is 549. The molecule has 0 N–H and O–H groups in total. The first kappa shape index (κ1) is 28.6. The van der Waals surface area contributed by atoms with Gasteiger partial charge in [-0.3, -0.25) is 19.3 Å². The lowest BCUT2D eigenvalue weighted by molar-refractivity contribution is -0.148. The number of carbonyl (C=O) groups is 3. The van der Waals surface area contributed by atoms with E-state index in [4.69, 9.17) is 14.2 Å². The van der Waals surface area contributed by atoms with Crippen molar-refractivity contribution in [3.05, 3.63) is 36.8 Å². The van der Waals surface area contributed by atoms with Crippen molar-refractivity contribution in [2.75, 3.05) is 26.2 Å². The van der Waals surface area contributed by atoms with Crippen molar-refractivity contribution in [2.24, 2.45) is 0 Å². The smallest absolute Gasteiger partial charge is 0.324 e. The quantitative estimate of drug-likeness (QED) is 0.101. The first-order valence-electron chi connectivity index (χ1n) is 11.2. The summed E-state index contributed by atoms with van der Waals surface area (Å²) in [6.45, 7) is 5.77. The van der Waals surface area contributed by atoms with Gasteiger partial charge in [-0.1, -0.05) is 45.8 Å². The molecule has 0 spiro atoms. The lowest BCUT2D eigenvalue weighted by Crippen LogP contribution is -2.39. The summed E-state index contributed by atoms with van der Waals surface area (Å²) < 4.78 is 15.3. The first-order valence-corrected chi connectivity index (χ1v) is 11.2. The van der Waals surface area contributed by atoms with Crippen LogP contribution in [0, 0.1) is 0 Å². The Morgan fingerprint density at radius 2 is 1.19 bits per heavy atom. The highest BCUT2D eigenvalue weighted by molar-refractivity contribution is 5.78. The second-order valence-corrected chi connectivity index (χ2v) is 7.04. The third-order valence-electron chi connectivity index (χ3n) is 4.05. The molecule has 0 aromatic heterocycles. The molecule has 0 radical (unpaired) electrons. The summed E-state index contributed by atoms with van der Waals surface area (Å²) in [7, 11) is 0. The van der Waals surface area contributed by atoms with E-state index < -0.39 is 17.9 Å². The Hall–Kier alpha value is -2.41. The highest BCUT2D eigenvalue weighted by Crippen LogP contribution is 2.00. The summed E-state index contributed by atoms with van der Waals surface area (Å²) in [6.07, 6.45) is 17.5. The molecule has 0 saturated carbocycles. The Kier molecular flexibility index (Phi) is 19.2. The zero-order valence-electron chi connectivity index (χ0n) is 19.3. The summed E-state index contributed by atoms with van der Waals surface area (Å²) in [5.41, 5.74) is 0. The fraction of sp³-hybridized carbons (Fsp3) is 0.625. The second kappa shape index (κ2) is 20.8. The van der Waals surface area contributed by atoms with Crippen LogP contribution >= 0.6 is 0 Å². The molecule has 0 unspecified atom stereocenters. The van der Waals surface area contributed by atoms with Crippen LogP contribution in [0.5, 0.6) is 0 Å². The largest absolute Gasteiger partial charge is 0.464 e. The number of unbranched alkanes of at least 4 members (excludes halogenated alkanes) is 4. The third-order valence-corrected chi connectivity index (χ3v) is 4.05. The zero-order chi connectivity index (χ0) is 23.2. The van der Waals surface area contributed by atoms with E-state index in [1.807, 2.05) is 19.1 Å². The van der Waals surface area contributed by atoms with E-state index in [1.165, 1.54) is 17.4 Å². The van der Waals surface area contributed by atoms with Gasteiger partial charge in [0.1, 0.15) is 0 Å². The van der Waals surface area contributed by atoms with Gasteiger partial charge in [-0.2, -0.15) is 0 Å². The van der Waals surface area contributed by atoms with Crippen molar-refractivity contribution in [2.45, 2.75) is 72.1 Å². The maximum Gasteiger partial charge on any atom is 0.324 e.